The average Bonchev–Trinajstić information content (AvgIpc) is 2.77. The van der Waals surface area contributed by atoms with Gasteiger partial charge in [-0.25, -0.2) is 9.63 Å². The van der Waals surface area contributed by atoms with Gasteiger partial charge in [-0.1, -0.05) is 62.2 Å². The van der Waals surface area contributed by atoms with Crippen molar-refractivity contribution in [3.05, 3.63) is 100 Å². The molecule has 5 nitrogen and oxygen atoms in total. The van der Waals surface area contributed by atoms with Gasteiger partial charge in [0.1, 0.15) is 0 Å². The fourth-order valence-corrected chi connectivity index (χ4v) is 4.04. The molecular weight excluding hydrogens is 444 g/mol. The summed E-state index contributed by atoms with van der Waals surface area (Å²) in [4.78, 5) is 26.4. The highest BCUT2D eigenvalue weighted by Crippen LogP contribution is 2.24. The molecule has 1 N–H and O–H groups in total. The highest BCUT2D eigenvalue weighted by molar-refractivity contribution is 7.83. The number of carbonyl (C=O) groups is 2. The number of benzene rings is 3. The third-order valence-corrected chi connectivity index (χ3v) is 6.40. The molecule has 0 aliphatic carbocycles. The minimum Gasteiger partial charge on any atom is -0.267 e. The summed E-state index contributed by atoms with van der Waals surface area (Å²) < 4.78 is 14.3. The van der Waals surface area contributed by atoms with Crippen molar-refractivity contribution in [2.75, 3.05) is 0 Å². The molecule has 0 fully saturated rings. The van der Waals surface area contributed by atoms with Crippen molar-refractivity contribution < 1.29 is 13.8 Å². The molecule has 1 atom stereocenters. The zero-order valence-electron chi connectivity index (χ0n) is 18.4. The predicted molar refractivity (Wildman–Crippen MR) is 128 cm³/mol. The first kappa shape index (κ1) is 23.7. The number of halogens is 1. The summed E-state index contributed by atoms with van der Waals surface area (Å²) in [5, 5.41) is 0.483. The van der Waals surface area contributed by atoms with Crippen LogP contribution in [0.5, 0.6) is 0 Å². The summed E-state index contributed by atoms with van der Waals surface area (Å²) in [6, 6.07) is 20.2. The maximum atomic E-state index is 13.4. The van der Waals surface area contributed by atoms with Gasteiger partial charge in [0.05, 0.1) is 4.90 Å². The molecule has 0 radical (unpaired) electrons. The van der Waals surface area contributed by atoms with Crippen LogP contribution >= 0.6 is 11.6 Å². The molecule has 0 bridgehead atoms. The molecule has 0 spiro atoms. The highest BCUT2D eigenvalue weighted by Gasteiger charge is 2.26. The van der Waals surface area contributed by atoms with Crippen molar-refractivity contribution in [2.24, 2.45) is 0 Å². The Morgan fingerprint density at radius 1 is 0.844 bits per heavy atom. The maximum absolute atomic E-state index is 13.4. The number of hydrazine groups is 1. The SMILES string of the molecule is Cc1ccc(C(=O)N(NC(=O)c2ccc(Cl)cc2)S(=O)c2ccc(C(C)(C)C)cc2)cc1. The summed E-state index contributed by atoms with van der Waals surface area (Å²) in [6.07, 6.45) is 0. The molecule has 3 aromatic rings. The fraction of sp³-hybridized carbons (Fsp3) is 0.200. The fourth-order valence-electron chi connectivity index (χ4n) is 2.92. The third kappa shape index (κ3) is 5.64. The molecule has 7 heteroatoms. The van der Waals surface area contributed by atoms with Crippen molar-refractivity contribution in [1.82, 2.24) is 9.84 Å². The van der Waals surface area contributed by atoms with Crippen LogP contribution in [0.4, 0.5) is 0 Å². The first-order valence-electron chi connectivity index (χ1n) is 10.1. The molecule has 2 amide bonds. The van der Waals surface area contributed by atoms with Gasteiger partial charge >= 0.3 is 0 Å². The molecule has 0 saturated heterocycles. The van der Waals surface area contributed by atoms with E-state index in [0.717, 1.165) is 15.5 Å². The minimum absolute atomic E-state index is 0.0692. The second kappa shape index (κ2) is 9.67. The number of nitrogens with zero attached hydrogens (tertiary/aromatic N) is 1. The Kier molecular flexibility index (Phi) is 7.16. The maximum Gasteiger partial charge on any atom is 0.285 e. The van der Waals surface area contributed by atoms with Crippen molar-refractivity contribution in [1.29, 1.82) is 0 Å². The molecule has 0 aromatic heterocycles. The van der Waals surface area contributed by atoms with Crippen LogP contribution < -0.4 is 5.43 Å². The highest BCUT2D eigenvalue weighted by atomic mass is 35.5. The summed E-state index contributed by atoms with van der Waals surface area (Å²) in [5.74, 6) is -1.15. The van der Waals surface area contributed by atoms with Gasteiger partial charge in [-0.3, -0.25) is 9.59 Å². The molecule has 166 valence electrons. The Labute approximate surface area is 196 Å². The second-order valence-electron chi connectivity index (χ2n) is 8.44. The summed E-state index contributed by atoms with van der Waals surface area (Å²) in [6.45, 7) is 8.15. The van der Waals surface area contributed by atoms with Gasteiger partial charge in [0, 0.05) is 16.1 Å². The van der Waals surface area contributed by atoms with Gasteiger partial charge in [-0.2, -0.15) is 4.41 Å². The number of amides is 2. The number of nitrogens with one attached hydrogen (secondary N) is 1. The van der Waals surface area contributed by atoms with E-state index < -0.39 is 22.8 Å². The molecular formula is C25H25ClN2O3S. The molecule has 3 rings (SSSR count). The van der Waals surface area contributed by atoms with E-state index in [2.05, 4.69) is 26.2 Å². The van der Waals surface area contributed by atoms with Crippen LogP contribution in [0, 0.1) is 6.92 Å². The normalized spacial score (nSPS) is 12.2. The zero-order chi connectivity index (χ0) is 23.5. The summed E-state index contributed by atoms with van der Waals surface area (Å²) >= 11 is 5.90. The largest absolute Gasteiger partial charge is 0.285 e. The van der Waals surface area contributed by atoms with Gasteiger partial charge in [-0.15, -0.1) is 0 Å². The van der Waals surface area contributed by atoms with Crippen molar-refractivity contribution in [2.45, 2.75) is 38.0 Å². The summed E-state index contributed by atoms with van der Waals surface area (Å²) in [5.41, 5.74) is 5.09. The first-order valence-corrected chi connectivity index (χ1v) is 11.5. The number of aryl methyl sites for hydroxylation is 1. The molecule has 0 heterocycles. The Morgan fingerprint density at radius 2 is 1.38 bits per heavy atom. The summed E-state index contributed by atoms with van der Waals surface area (Å²) in [7, 11) is -1.97. The molecule has 1 unspecified atom stereocenters. The standard InChI is InChI=1S/C25H25ClN2O3S/c1-17-5-7-19(8-6-17)24(30)28(27-23(29)18-9-13-21(26)14-10-18)32(31)22-15-11-20(12-16-22)25(2,3)4/h5-16H,1-4H3,(H,27,29). The van der Waals surface area contributed by atoms with E-state index in [4.69, 9.17) is 11.6 Å². The van der Waals surface area contributed by atoms with Crippen LogP contribution in [-0.2, 0) is 16.4 Å². The first-order chi connectivity index (χ1) is 15.1. The number of carbonyl (C=O) groups excluding carboxylic acids is 2. The minimum atomic E-state index is -1.97. The predicted octanol–water partition coefficient (Wildman–Crippen LogP) is 5.46. The Bertz CT molecular complexity index is 1140. The van der Waals surface area contributed by atoms with Crippen LogP contribution in [0.2, 0.25) is 5.02 Å². The van der Waals surface area contributed by atoms with E-state index in [1.807, 2.05) is 19.1 Å². The molecule has 3 aromatic carbocycles. The zero-order valence-corrected chi connectivity index (χ0v) is 20.0. The number of rotatable bonds is 4. The van der Waals surface area contributed by atoms with E-state index in [0.29, 0.717) is 15.5 Å². The monoisotopic (exact) mass is 468 g/mol. The quantitative estimate of drug-likeness (QED) is 0.517. The van der Waals surface area contributed by atoms with E-state index >= 15 is 0 Å². The lowest BCUT2D eigenvalue weighted by molar-refractivity contribution is 0.0732. The van der Waals surface area contributed by atoms with Gasteiger partial charge in [0.25, 0.3) is 11.8 Å². The molecule has 0 aliphatic rings. The van der Waals surface area contributed by atoms with E-state index in [1.165, 1.54) is 12.1 Å². The number of hydrogen-bond donors (Lipinski definition) is 1. The van der Waals surface area contributed by atoms with Crippen LogP contribution in [0.1, 0.15) is 52.6 Å². The smallest absolute Gasteiger partial charge is 0.267 e. The van der Waals surface area contributed by atoms with Crippen molar-refractivity contribution >= 4 is 34.4 Å². The Hall–Kier alpha value is -2.96. The van der Waals surface area contributed by atoms with Crippen LogP contribution in [-0.4, -0.2) is 20.4 Å². The molecule has 0 aliphatic heterocycles. The van der Waals surface area contributed by atoms with Gasteiger partial charge in [0.15, 0.2) is 11.0 Å². The van der Waals surface area contributed by atoms with E-state index in [1.54, 1.807) is 48.5 Å². The topological polar surface area (TPSA) is 66.5 Å². The Morgan fingerprint density at radius 3 is 1.91 bits per heavy atom. The second-order valence-corrected chi connectivity index (χ2v) is 10.2. The van der Waals surface area contributed by atoms with Crippen LogP contribution in [0.25, 0.3) is 0 Å². The lowest BCUT2D eigenvalue weighted by atomic mass is 9.87. The lowest BCUT2D eigenvalue weighted by Crippen LogP contribution is -2.47. The van der Waals surface area contributed by atoms with Crippen molar-refractivity contribution in [3.63, 3.8) is 0 Å². The Balaban J connectivity index is 1.94. The average molecular weight is 469 g/mol. The molecule has 0 saturated carbocycles. The third-order valence-electron chi connectivity index (χ3n) is 4.88. The van der Waals surface area contributed by atoms with Gasteiger partial charge in [0.2, 0.25) is 0 Å². The van der Waals surface area contributed by atoms with Crippen molar-refractivity contribution in [3.8, 4) is 0 Å². The van der Waals surface area contributed by atoms with E-state index in [-0.39, 0.29) is 11.0 Å². The van der Waals surface area contributed by atoms with Crippen LogP contribution in [0.15, 0.2) is 77.7 Å². The van der Waals surface area contributed by atoms with Gasteiger partial charge < -0.3 is 0 Å². The number of hydrogen-bond acceptors (Lipinski definition) is 3. The lowest BCUT2D eigenvalue weighted by Gasteiger charge is -2.23. The van der Waals surface area contributed by atoms with E-state index in [9.17, 15) is 13.8 Å². The molecule has 32 heavy (non-hydrogen) atoms. The van der Waals surface area contributed by atoms with Gasteiger partial charge in [-0.05, 0) is 66.4 Å². The van der Waals surface area contributed by atoms with Crippen LogP contribution in [0.3, 0.4) is 0 Å².